The molecule has 1 heteroatoms. The van der Waals surface area contributed by atoms with Crippen molar-refractivity contribution in [3.8, 4) is 0 Å². The molecule has 0 nitrogen and oxygen atoms in total. The molecule has 2 rings (SSSR count). The first kappa shape index (κ1) is 19.7. The maximum atomic E-state index is 5.23. The van der Waals surface area contributed by atoms with Gasteiger partial charge in [-0.2, -0.15) is 12.6 Å². The second-order valence-corrected chi connectivity index (χ2v) is 9.86. The Morgan fingerprint density at radius 3 is 2.17 bits per heavy atom. The lowest BCUT2D eigenvalue weighted by atomic mass is 9.75. The highest BCUT2D eigenvalue weighted by Gasteiger charge is 2.29. The molecule has 0 aromatic rings. The fourth-order valence-corrected chi connectivity index (χ4v) is 5.52. The van der Waals surface area contributed by atoms with Gasteiger partial charge in [-0.05, 0) is 49.9 Å². The fourth-order valence-electron chi connectivity index (χ4n) is 5.08. The monoisotopic (exact) mass is 338 g/mol. The molecular weight excluding hydrogens is 296 g/mol. The fraction of sp³-hybridized carbons (Fsp3) is 1.00. The van der Waals surface area contributed by atoms with Crippen LogP contribution in [0.5, 0.6) is 0 Å². The number of rotatable bonds is 2. The van der Waals surface area contributed by atoms with Crippen molar-refractivity contribution >= 4 is 12.6 Å². The summed E-state index contributed by atoms with van der Waals surface area (Å²) in [5, 5.41) is 0. The third-order valence-electron chi connectivity index (χ3n) is 7.07. The molecule has 4 unspecified atom stereocenters. The smallest absolute Gasteiger partial charge is 0.0130 e. The summed E-state index contributed by atoms with van der Waals surface area (Å²) in [5.74, 6) is 2.90. The van der Waals surface area contributed by atoms with Crippen LogP contribution < -0.4 is 0 Å². The Morgan fingerprint density at radius 2 is 1.43 bits per heavy atom. The SMILES string of the molecule is CCC(C)C1CCCCC2(S)CCCCCCCCC(CC2)C1. The molecule has 23 heavy (non-hydrogen) atoms. The number of hydrogen-bond acceptors (Lipinski definition) is 1. The quantitative estimate of drug-likeness (QED) is 0.487. The maximum Gasteiger partial charge on any atom is 0.0130 e. The van der Waals surface area contributed by atoms with Crippen molar-refractivity contribution in [1.82, 2.24) is 0 Å². The minimum absolute atomic E-state index is 0.362. The minimum atomic E-state index is 0.362. The van der Waals surface area contributed by atoms with Gasteiger partial charge in [0.05, 0.1) is 0 Å². The molecule has 2 fully saturated rings. The lowest BCUT2D eigenvalue weighted by Crippen LogP contribution is -2.26. The van der Waals surface area contributed by atoms with Gasteiger partial charge in [0.15, 0.2) is 0 Å². The van der Waals surface area contributed by atoms with Gasteiger partial charge in [0.1, 0.15) is 0 Å². The zero-order chi connectivity index (χ0) is 16.5. The van der Waals surface area contributed by atoms with Crippen molar-refractivity contribution in [2.24, 2.45) is 17.8 Å². The molecule has 0 heterocycles. The van der Waals surface area contributed by atoms with E-state index in [9.17, 15) is 0 Å². The molecule has 0 aromatic carbocycles. The topological polar surface area (TPSA) is 0 Å². The van der Waals surface area contributed by atoms with Crippen LogP contribution in [0.1, 0.15) is 117 Å². The first-order valence-corrected chi connectivity index (χ1v) is 11.3. The number of thiol groups is 1. The molecule has 136 valence electrons. The maximum absolute atomic E-state index is 5.23. The summed E-state index contributed by atoms with van der Waals surface area (Å²) in [6, 6.07) is 0. The second kappa shape index (κ2) is 10.4. The highest BCUT2D eigenvalue weighted by atomic mass is 32.1. The molecule has 0 N–H and O–H groups in total. The van der Waals surface area contributed by atoms with Crippen molar-refractivity contribution in [3.63, 3.8) is 0 Å². The summed E-state index contributed by atoms with van der Waals surface area (Å²) in [6.07, 6.45) is 23.1. The Hall–Kier alpha value is 0.350. The lowest BCUT2D eigenvalue weighted by Gasteiger charge is -2.35. The summed E-state index contributed by atoms with van der Waals surface area (Å²) in [7, 11) is 0. The molecule has 0 aromatic heterocycles. The van der Waals surface area contributed by atoms with E-state index in [4.69, 9.17) is 12.6 Å². The second-order valence-electron chi connectivity index (χ2n) is 8.92. The Bertz CT molecular complexity index is 313. The Labute approximate surface area is 152 Å². The molecule has 0 radical (unpaired) electrons. The van der Waals surface area contributed by atoms with E-state index in [1.807, 2.05) is 0 Å². The minimum Gasteiger partial charge on any atom is -0.173 e. The van der Waals surface area contributed by atoms with Crippen molar-refractivity contribution in [2.45, 2.75) is 121 Å². The molecule has 0 saturated heterocycles. The van der Waals surface area contributed by atoms with E-state index in [1.165, 1.54) is 103 Å². The van der Waals surface area contributed by atoms with E-state index in [-0.39, 0.29) is 0 Å². The number of hydrogen-bond donors (Lipinski definition) is 1. The van der Waals surface area contributed by atoms with Gasteiger partial charge in [-0.1, -0.05) is 84.5 Å². The average molecular weight is 339 g/mol. The van der Waals surface area contributed by atoms with Crippen LogP contribution >= 0.6 is 12.6 Å². The van der Waals surface area contributed by atoms with Gasteiger partial charge in [0, 0.05) is 4.75 Å². The number of fused-ring (bicyclic) bond motifs is 3. The molecular formula is C22H42S. The highest BCUT2D eigenvalue weighted by molar-refractivity contribution is 7.81. The summed E-state index contributed by atoms with van der Waals surface area (Å²) < 4.78 is 0.362. The van der Waals surface area contributed by atoms with Crippen LogP contribution in [-0.4, -0.2) is 4.75 Å². The largest absolute Gasteiger partial charge is 0.173 e. The van der Waals surface area contributed by atoms with Gasteiger partial charge in [0.25, 0.3) is 0 Å². The first-order chi connectivity index (χ1) is 11.1. The van der Waals surface area contributed by atoms with Gasteiger partial charge >= 0.3 is 0 Å². The Balaban J connectivity index is 2.04. The average Bonchev–Trinajstić information content (AvgIpc) is 2.55. The zero-order valence-corrected chi connectivity index (χ0v) is 16.9. The van der Waals surface area contributed by atoms with Crippen molar-refractivity contribution in [2.75, 3.05) is 0 Å². The third-order valence-corrected chi connectivity index (χ3v) is 7.75. The van der Waals surface area contributed by atoms with Crippen LogP contribution in [0.2, 0.25) is 0 Å². The van der Waals surface area contributed by atoms with Crippen LogP contribution in [-0.2, 0) is 0 Å². The van der Waals surface area contributed by atoms with Gasteiger partial charge < -0.3 is 0 Å². The summed E-state index contributed by atoms with van der Waals surface area (Å²) >= 11 is 5.23. The van der Waals surface area contributed by atoms with Crippen molar-refractivity contribution in [3.05, 3.63) is 0 Å². The normalized spacial score (nSPS) is 36.7. The van der Waals surface area contributed by atoms with Crippen LogP contribution in [0.15, 0.2) is 0 Å². The van der Waals surface area contributed by atoms with Gasteiger partial charge in [0.2, 0.25) is 0 Å². The van der Waals surface area contributed by atoms with E-state index in [0.29, 0.717) is 4.75 Å². The zero-order valence-electron chi connectivity index (χ0n) is 16.0. The van der Waals surface area contributed by atoms with Crippen LogP contribution in [0.25, 0.3) is 0 Å². The summed E-state index contributed by atoms with van der Waals surface area (Å²) in [6.45, 7) is 4.90. The lowest BCUT2D eigenvalue weighted by molar-refractivity contribution is 0.216. The predicted octanol–water partition coefficient (Wildman–Crippen LogP) is 7.81. The van der Waals surface area contributed by atoms with Crippen molar-refractivity contribution in [1.29, 1.82) is 0 Å². The van der Waals surface area contributed by atoms with Gasteiger partial charge in [-0.3, -0.25) is 0 Å². The Morgan fingerprint density at radius 1 is 0.826 bits per heavy atom. The molecule has 0 spiro atoms. The van der Waals surface area contributed by atoms with E-state index in [0.717, 1.165) is 17.8 Å². The van der Waals surface area contributed by atoms with E-state index >= 15 is 0 Å². The predicted molar refractivity (Wildman–Crippen MR) is 107 cm³/mol. The van der Waals surface area contributed by atoms with E-state index in [1.54, 1.807) is 0 Å². The van der Waals surface area contributed by atoms with Crippen LogP contribution in [0.3, 0.4) is 0 Å². The van der Waals surface area contributed by atoms with E-state index < -0.39 is 0 Å². The van der Waals surface area contributed by atoms with Crippen LogP contribution in [0.4, 0.5) is 0 Å². The Kier molecular flexibility index (Phi) is 8.87. The van der Waals surface area contributed by atoms with Gasteiger partial charge in [-0.15, -0.1) is 0 Å². The van der Waals surface area contributed by atoms with Crippen LogP contribution in [0, 0.1) is 17.8 Å². The summed E-state index contributed by atoms with van der Waals surface area (Å²) in [5.41, 5.74) is 0. The first-order valence-electron chi connectivity index (χ1n) is 10.9. The molecule has 2 aliphatic carbocycles. The molecule has 4 atom stereocenters. The third kappa shape index (κ3) is 7.00. The highest BCUT2D eigenvalue weighted by Crippen LogP contribution is 2.40. The molecule has 0 aliphatic heterocycles. The molecule has 0 amide bonds. The molecule has 2 aliphatic rings. The van der Waals surface area contributed by atoms with Crippen molar-refractivity contribution < 1.29 is 0 Å². The van der Waals surface area contributed by atoms with Gasteiger partial charge in [-0.25, -0.2) is 0 Å². The summed E-state index contributed by atoms with van der Waals surface area (Å²) in [4.78, 5) is 0. The molecule has 2 saturated carbocycles. The molecule has 2 bridgehead atoms. The van der Waals surface area contributed by atoms with E-state index in [2.05, 4.69) is 13.8 Å². The standard InChI is InChI=1S/C22H42S/c1-3-19(2)21-13-9-11-16-22(23)15-10-7-5-4-6-8-12-20(18-21)14-17-22/h19-21,23H,3-18H2,1-2H3.